The van der Waals surface area contributed by atoms with Crippen LogP contribution < -0.4 is 4.74 Å². The number of ether oxygens (including phenoxy) is 2. The van der Waals surface area contributed by atoms with E-state index in [-0.39, 0.29) is 29.8 Å². The minimum atomic E-state index is -0.957. The van der Waals surface area contributed by atoms with Crippen molar-refractivity contribution in [2.24, 2.45) is 0 Å². The van der Waals surface area contributed by atoms with Crippen molar-refractivity contribution in [3.63, 3.8) is 0 Å². The molecule has 2 aromatic heterocycles. The number of piperidine rings is 1. The summed E-state index contributed by atoms with van der Waals surface area (Å²) in [4.78, 5) is 27.9. The van der Waals surface area contributed by atoms with Gasteiger partial charge in [0.1, 0.15) is 24.1 Å². The van der Waals surface area contributed by atoms with Crippen LogP contribution in [0.15, 0.2) is 48.7 Å². The van der Waals surface area contributed by atoms with Crippen LogP contribution in [0, 0.1) is 17.1 Å². The highest BCUT2D eigenvalue weighted by Gasteiger charge is 2.26. The average Bonchev–Trinajstić information content (AvgIpc) is 3.30. The first-order chi connectivity index (χ1) is 20.0. The Morgan fingerprint density at radius 1 is 1.15 bits per heavy atom. The Morgan fingerprint density at radius 3 is 2.68 bits per heavy atom. The van der Waals surface area contributed by atoms with Gasteiger partial charge in [-0.1, -0.05) is 6.07 Å². The number of hydrogen-bond acceptors (Lipinski definition) is 8. The zero-order valence-corrected chi connectivity index (χ0v) is 22.4. The monoisotopic (exact) mass is 556 g/mol. The van der Waals surface area contributed by atoms with E-state index in [2.05, 4.69) is 19.4 Å². The van der Waals surface area contributed by atoms with Crippen molar-refractivity contribution >= 4 is 17.0 Å². The lowest BCUT2D eigenvalue weighted by atomic mass is 9.96. The van der Waals surface area contributed by atoms with Gasteiger partial charge >= 0.3 is 5.97 Å². The number of aromatic nitrogens is 4. The molecule has 1 atom stereocenters. The van der Waals surface area contributed by atoms with Gasteiger partial charge in [0.25, 0.3) is 0 Å². The van der Waals surface area contributed by atoms with Crippen molar-refractivity contribution in [1.29, 1.82) is 5.26 Å². The first kappa shape index (κ1) is 26.8. The normalized spacial score (nSPS) is 17.7. The molecular formula is C30H29FN6O4. The number of benzene rings is 2. The van der Waals surface area contributed by atoms with Crippen molar-refractivity contribution in [2.75, 3.05) is 19.7 Å². The lowest BCUT2D eigenvalue weighted by Gasteiger charge is -2.32. The first-order valence-corrected chi connectivity index (χ1v) is 13.7. The number of fused-ring (bicyclic) bond motifs is 1. The third-order valence-electron chi connectivity index (χ3n) is 7.78. The molecule has 0 spiro atoms. The maximum Gasteiger partial charge on any atom is 0.335 e. The fraction of sp³-hybridized carbons (Fsp3) is 0.367. The second-order valence-corrected chi connectivity index (χ2v) is 10.4. The largest absolute Gasteiger partial charge is 0.478 e. The summed E-state index contributed by atoms with van der Waals surface area (Å²) in [5.41, 5.74) is 2.46. The number of carboxylic acids is 1. The van der Waals surface area contributed by atoms with Crippen molar-refractivity contribution in [2.45, 2.75) is 51.0 Å². The number of aromatic carboxylic acids is 1. The zero-order chi connectivity index (χ0) is 28.3. The van der Waals surface area contributed by atoms with Crippen LogP contribution in [0.3, 0.4) is 0 Å². The van der Waals surface area contributed by atoms with E-state index in [0.29, 0.717) is 30.4 Å². The van der Waals surface area contributed by atoms with E-state index in [4.69, 9.17) is 19.7 Å². The minimum absolute atomic E-state index is 0.00724. The molecule has 41 heavy (non-hydrogen) atoms. The van der Waals surface area contributed by atoms with E-state index in [1.165, 1.54) is 6.07 Å². The highest BCUT2D eigenvalue weighted by atomic mass is 19.1. The average molecular weight is 557 g/mol. The van der Waals surface area contributed by atoms with Crippen molar-refractivity contribution < 1.29 is 23.8 Å². The van der Waals surface area contributed by atoms with Gasteiger partial charge < -0.3 is 19.1 Å². The second-order valence-electron chi connectivity index (χ2n) is 10.4. The Bertz CT molecular complexity index is 1620. The highest BCUT2D eigenvalue weighted by molar-refractivity contribution is 5.92. The van der Waals surface area contributed by atoms with Gasteiger partial charge in [-0.15, -0.1) is 0 Å². The summed E-state index contributed by atoms with van der Waals surface area (Å²) < 4.78 is 27.7. The van der Waals surface area contributed by atoms with Crippen molar-refractivity contribution in [3.05, 3.63) is 82.8 Å². The van der Waals surface area contributed by atoms with Crippen LogP contribution in [0.2, 0.25) is 0 Å². The Kier molecular flexibility index (Phi) is 7.59. The van der Waals surface area contributed by atoms with E-state index in [1.54, 1.807) is 42.6 Å². The maximum absolute atomic E-state index is 14.2. The van der Waals surface area contributed by atoms with Crippen LogP contribution in [0.25, 0.3) is 11.0 Å². The molecule has 4 heterocycles. The van der Waals surface area contributed by atoms with Crippen LogP contribution in [0.5, 0.6) is 5.88 Å². The Balaban J connectivity index is 1.10. The quantitative estimate of drug-likeness (QED) is 0.321. The molecule has 2 saturated heterocycles. The fourth-order valence-corrected chi connectivity index (χ4v) is 5.33. The topological polar surface area (TPSA) is 126 Å². The number of hydrogen-bond donors (Lipinski definition) is 1. The van der Waals surface area contributed by atoms with Gasteiger partial charge in [0, 0.05) is 30.4 Å². The lowest BCUT2D eigenvalue weighted by molar-refractivity contribution is -0.0592. The smallest absolute Gasteiger partial charge is 0.335 e. The molecule has 2 fully saturated rings. The lowest BCUT2D eigenvalue weighted by Crippen LogP contribution is -2.35. The SMILES string of the molecule is N#Cc1ccc(COc2ccnc(C3CCN(Cc4nc5ccc(C(=O)O)cc5n4C[C@@H]4CCO4)CC3)n2)c(F)c1. The van der Waals surface area contributed by atoms with Crippen LogP contribution in [-0.2, 0) is 24.4 Å². The molecule has 1 N–H and O–H groups in total. The molecule has 2 aromatic carbocycles. The Labute approximate surface area is 236 Å². The molecule has 6 rings (SSSR count). The van der Waals surface area contributed by atoms with Gasteiger partial charge in [0.15, 0.2) is 0 Å². The number of nitriles is 1. The molecule has 210 valence electrons. The molecule has 0 unspecified atom stereocenters. The third-order valence-corrected chi connectivity index (χ3v) is 7.78. The predicted octanol–water partition coefficient (Wildman–Crippen LogP) is 4.28. The number of halogens is 1. The van der Waals surface area contributed by atoms with E-state index < -0.39 is 11.8 Å². The first-order valence-electron chi connectivity index (χ1n) is 13.7. The van der Waals surface area contributed by atoms with E-state index >= 15 is 0 Å². The van der Waals surface area contributed by atoms with Crippen LogP contribution in [-0.4, -0.2) is 61.3 Å². The van der Waals surface area contributed by atoms with Gasteiger partial charge in [-0.3, -0.25) is 4.90 Å². The summed E-state index contributed by atoms with van der Waals surface area (Å²) in [5.74, 6) is 0.717. The summed E-state index contributed by atoms with van der Waals surface area (Å²) >= 11 is 0. The molecule has 0 radical (unpaired) electrons. The van der Waals surface area contributed by atoms with Gasteiger partial charge in [0.05, 0.1) is 47.4 Å². The molecule has 2 aliphatic rings. The van der Waals surface area contributed by atoms with E-state index in [9.17, 15) is 14.3 Å². The molecule has 2 aliphatic heterocycles. The number of rotatable bonds is 9. The second kappa shape index (κ2) is 11.6. The summed E-state index contributed by atoms with van der Waals surface area (Å²) in [6.07, 6.45) is 4.49. The van der Waals surface area contributed by atoms with Crippen molar-refractivity contribution in [3.8, 4) is 11.9 Å². The Hall–Kier alpha value is -4.40. The number of carbonyl (C=O) groups is 1. The number of imidazole rings is 1. The number of carboxylic acid groups (broad SMARTS) is 1. The van der Waals surface area contributed by atoms with Gasteiger partial charge in [-0.25, -0.2) is 19.2 Å². The van der Waals surface area contributed by atoms with Crippen LogP contribution in [0.4, 0.5) is 4.39 Å². The molecular weight excluding hydrogens is 527 g/mol. The molecule has 4 aromatic rings. The zero-order valence-electron chi connectivity index (χ0n) is 22.4. The standard InChI is InChI=1S/C30H29FN6O4/c31-24-13-19(15-32)1-2-22(24)18-41-28-5-9-33-29(35-28)20-6-10-36(11-7-20)17-27-34-25-4-3-21(30(38)39)14-26(25)37(27)16-23-8-12-40-23/h1-5,9,13-14,20,23H,6-8,10-12,16-18H2,(H,38,39)/t23-/m0/s1. The molecule has 10 nitrogen and oxygen atoms in total. The Morgan fingerprint density at radius 2 is 1.98 bits per heavy atom. The molecule has 0 saturated carbocycles. The fourth-order valence-electron chi connectivity index (χ4n) is 5.33. The number of nitrogens with zero attached hydrogens (tertiary/aromatic N) is 6. The van der Waals surface area contributed by atoms with Crippen molar-refractivity contribution in [1.82, 2.24) is 24.4 Å². The van der Waals surface area contributed by atoms with Gasteiger partial charge in [0.2, 0.25) is 5.88 Å². The summed E-state index contributed by atoms with van der Waals surface area (Å²) in [6.45, 7) is 3.72. The highest BCUT2D eigenvalue weighted by Crippen LogP contribution is 2.29. The van der Waals surface area contributed by atoms with Gasteiger partial charge in [-0.2, -0.15) is 10.2 Å². The molecule has 0 bridgehead atoms. The predicted molar refractivity (Wildman–Crippen MR) is 146 cm³/mol. The van der Waals surface area contributed by atoms with Crippen LogP contribution in [0.1, 0.15) is 58.3 Å². The minimum Gasteiger partial charge on any atom is -0.478 e. The summed E-state index contributed by atoms with van der Waals surface area (Å²) in [5, 5.41) is 18.4. The molecule has 11 heteroatoms. The van der Waals surface area contributed by atoms with Gasteiger partial charge in [-0.05, 0) is 62.7 Å². The maximum atomic E-state index is 14.2. The van der Waals surface area contributed by atoms with E-state index in [1.807, 2.05) is 6.07 Å². The summed E-state index contributed by atoms with van der Waals surface area (Å²) in [7, 11) is 0. The van der Waals surface area contributed by atoms with E-state index in [0.717, 1.165) is 55.8 Å². The molecule has 0 amide bonds. The number of likely N-dealkylation sites (tertiary alicyclic amines) is 1. The molecule has 0 aliphatic carbocycles. The van der Waals surface area contributed by atoms with Crippen LogP contribution >= 0.6 is 0 Å². The summed E-state index contributed by atoms with van der Waals surface area (Å²) in [6, 6.07) is 12.9. The third kappa shape index (κ3) is 5.89.